The van der Waals surface area contributed by atoms with E-state index in [9.17, 15) is 9.90 Å². The molecule has 22 heavy (non-hydrogen) atoms. The van der Waals surface area contributed by atoms with Gasteiger partial charge in [0.2, 0.25) is 0 Å². The first-order chi connectivity index (χ1) is 10.6. The van der Waals surface area contributed by atoms with Crippen LogP contribution in [0.25, 0.3) is 0 Å². The predicted octanol–water partition coefficient (Wildman–Crippen LogP) is 1.91. The lowest BCUT2D eigenvalue weighted by Gasteiger charge is -2.34. The molecule has 2 rings (SSSR count). The van der Waals surface area contributed by atoms with Gasteiger partial charge >= 0.3 is 6.03 Å². The van der Waals surface area contributed by atoms with Crippen molar-refractivity contribution in [3.05, 3.63) is 0 Å². The zero-order valence-electron chi connectivity index (χ0n) is 14.3. The fourth-order valence-corrected chi connectivity index (χ4v) is 3.61. The van der Waals surface area contributed by atoms with Gasteiger partial charge in [0, 0.05) is 32.1 Å². The van der Waals surface area contributed by atoms with Gasteiger partial charge in [0.05, 0.1) is 6.10 Å². The second-order valence-corrected chi connectivity index (χ2v) is 7.24. The zero-order chi connectivity index (χ0) is 15.9. The molecule has 0 aromatic rings. The molecule has 0 aromatic carbocycles. The number of piperidine rings is 2. The monoisotopic (exact) mass is 311 g/mol. The molecule has 2 aliphatic heterocycles. The van der Waals surface area contributed by atoms with Crippen molar-refractivity contribution in [2.24, 2.45) is 11.8 Å². The number of nitrogens with one attached hydrogen (secondary N) is 1. The quantitative estimate of drug-likeness (QED) is 0.815. The summed E-state index contributed by atoms with van der Waals surface area (Å²) in [6, 6.07) is 0.0378. The molecule has 2 saturated heterocycles. The molecule has 0 aliphatic carbocycles. The first kappa shape index (κ1) is 17.5. The molecular formula is C17H33N3O2. The molecule has 5 heteroatoms. The third kappa shape index (κ3) is 5.43. The van der Waals surface area contributed by atoms with Crippen LogP contribution >= 0.6 is 0 Å². The van der Waals surface area contributed by atoms with Crippen LogP contribution in [0.5, 0.6) is 0 Å². The molecule has 3 atom stereocenters. The molecule has 128 valence electrons. The number of likely N-dealkylation sites (tertiary alicyclic amines) is 2. The maximum atomic E-state index is 12.3. The molecule has 0 bridgehead atoms. The third-order valence-corrected chi connectivity index (χ3v) is 5.05. The second-order valence-electron chi connectivity index (χ2n) is 7.24. The van der Waals surface area contributed by atoms with Crippen molar-refractivity contribution in [2.45, 2.75) is 52.1 Å². The molecular weight excluding hydrogens is 278 g/mol. The maximum absolute atomic E-state index is 12.3. The largest absolute Gasteiger partial charge is 0.393 e. The molecule has 5 nitrogen and oxygen atoms in total. The number of amides is 2. The highest BCUT2D eigenvalue weighted by Crippen LogP contribution is 2.19. The standard InChI is InChI=1S/C17H33N3O2/c1-14(12-19-8-4-3-5-9-19)11-18-17(22)20-10-6-7-16(13-20)15(2)21/h14-16,21H,3-13H2,1-2H3,(H,18,22). The van der Waals surface area contributed by atoms with Crippen LogP contribution in [0.3, 0.4) is 0 Å². The number of aliphatic hydroxyl groups excluding tert-OH is 1. The van der Waals surface area contributed by atoms with Crippen LogP contribution < -0.4 is 5.32 Å². The Labute approximate surface area is 135 Å². The van der Waals surface area contributed by atoms with Gasteiger partial charge in [-0.3, -0.25) is 0 Å². The first-order valence-corrected chi connectivity index (χ1v) is 8.99. The van der Waals surface area contributed by atoms with Gasteiger partial charge in [0.15, 0.2) is 0 Å². The summed E-state index contributed by atoms with van der Waals surface area (Å²) in [6.07, 6.45) is 5.68. The predicted molar refractivity (Wildman–Crippen MR) is 88.8 cm³/mol. The minimum Gasteiger partial charge on any atom is -0.393 e. The van der Waals surface area contributed by atoms with Gasteiger partial charge in [0.1, 0.15) is 0 Å². The average molecular weight is 311 g/mol. The number of urea groups is 1. The van der Waals surface area contributed by atoms with E-state index in [0.717, 1.165) is 32.5 Å². The Kier molecular flexibility index (Phi) is 6.96. The van der Waals surface area contributed by atoms with E-state index in [2.05, 4.69) is 17.1 Å². The number of aliphatic hydroxyl groups is 1. The SMILES string of the molecule is CC(CNC(=O)N1CCCC(C(C)O)C1)CN1CCCCC1. The Bertz CT molecular complexity index is 343. The number of carbonyl (C=O) groups excluding carboxylic acids is 1. The molecule has 2 N–H and O–H groups in total. The minimum atomic E-state index is -0.325. The van der Waals surface area contributed by atoms with Crippen molar-refractivity contribution in [1.29, 1.82) is 0 Å². The summed E-state index contributed by atoms with van der Waals surface area (Å²) in [5, 5.41) is 12.8. The van der Waals surface area contributed by atoms with E-state index in [1.807, 2.05) is 11.8 Å². The van der Waals surface area contributed by atoms with Gasteiger partial charge < -0.3 is 20.2 Å². The number of carbonyl (C=O) groups is 1. The summed E-state index contributed by atoms with van der Waals surface area (Å²) in [5.41, 5.74) is 0. The maximum Gasteiger partial charge on any atom is 0.317 e. The normalized spacial score (nSPS) is 26.5. The van der Waals surface area contributed by atoms with E-state index in [0.29, 0.717) is 12.5 Å². The Balaban J connectivity index is 1.67. The van der Waals surface area contributed by atoms with Gasteiger partial charge in [-0.25, -0.2) is 4.79 Å². The van der Waals surface area contributed by atoms with E-state index in [1.54, 1.807) is 0 Å². The van der Waals surface area contributed by atoms with Crippen LogP contribution in [0.4, 0.5) is 4.79 Å². The summed E-state index contributed by atoms with van der Waals surface area (Å²) >= 11 is 0. The number of hydrogen-bond donors (Lipinski definition) is 2. The summed E-state index contributed by atoms with van der Waals surface area (Å²) in [6.45, 7) is 9.78. The van der Waals surface area contributed by atoms with Gasteiger partial charge in [0.25, 0.3) is 0 Å². The Morgan fingerprint density at radius 2 is 1.91 bits per heavy atom. The fraction of sp³-hybridized carbons (Fsp3) is 0.941. The molecule has 0 saturated carbocycles. The van der Waals surface area contributed by atoms with Crippen molar-refractivity contribution in [3.63, 3.8) is 0 Å². The Morgan fingerprint density at radius 3 is 2.59 bits per heavy atom. The van der Waals surface area contributed by atoms with E-state index < -0.39 is 0 Å². The number of hydrogen-bond acceptors (Lipinski definition) is 3. The van der Waals surface area contributed by atoms with Crippen LogP contribution in [-0.2, 0) is 0 Å². The van der Waals surface area contributed by atoms with Gasteiger partial charge in [-0.2, -0.15) is 0 Å². The topological polar surface area (TPSA) is 55.8 Å². The van der Waals surface area contributed by atoms with Crippen molar-refractivity contribution in [3.8, 4) is 0 Å². The lowest BCUT2D eigenvalue weighted by Crippen LogP contribution is -2.48. The molecule has 0 aromatic heterocycles. The van der Waals surface area contributed by atoms with Crippen LogP contribution in [-0.4, -0.2) is 66.3 Å². The highest BCUT2D eigenvalue weighted by molar-refractivity contribution is 5.74. The molecule has 0 radical (unpaired) electrons. The van der Waals surface area contributed by atoms with Gasteiger partial charge in [-0.15, -0.1) is 0 Å². The van der Waals surface area contributed by atoms with Gasteiger partial charge in [-0.1, -0.05) is 13.3 Å². The van der Waals surface area contributed by atoms with Crippen LogP contribution in [0.1, 0.15) is 46.0 Å². The smallest absolute Gasteiger partial charge is 0.317 e. The fourth-order valence-electron chi connectivity index (χ4n) is 3.61. The van der Waals surface area contributed by atoms with E-state index in [-0.39, 0.29) is 18.1 Å². The minimum absolute atomic E-state index is 0.0378. The molecule has 0 spiro atoms. The molecule has 3 unspecified atom stereocenters. The highest BCUT2D eigenvalue weighted by atomic mass is 16.3. The number of nitrogens with zero attached hydrogens (tertiary/aromatic N) is 2. The zero-order valence-corrected chi connectivity index (χ0v) is 14.3. The second kappa shape index (κ2) is 8.73. The van der Waals surface area contributed by atoms with Crippen LogP contribution in [0.2, 0.25) is 0 Å². The third-order valence-electron chi connectivity index (χ3n) is 5.05. The van der Waals surface area contributed by atoms with E-state index in [4.69, 9.17) is 0 Å². The van der Waals surface area contributed by atoms with Crippen LogP contribution in [0, 0.1) is 11.8 Å². The van der Waals surface area contributed by atoms with E-state index >= 15 is 0 Å². The molecule has 2 aliphatic rings. The highest BCUT2D eigenvalue weighted by Gasteiger charge is 2.26. The van der Waals surface area contributed by atoms with E-state index in [1.165, 1.54) is 32.4 Å². The molecule has 2 heterocycles. The summed E-state index contributed by atoms with van der Waals surface area (Å²) in [5.74, 6) is 0.713. The summed E-state index contributed by atoms with van der Waals surface area (Å²) in [7, 11) is 0. The molecule has 2 amide bonds. The lowest BCUT2D eigenvalue weighted by atomic mass is 9.94. The van der Waals surface area contributed by atoms with Crippen molar-refractivity contribution in [2.75, 3.05) is 39.3 Å². The van der Waals surface area contributed by atoms with Crippen molar-refractivity contribution < 1.29 is 9.90 Å². The summed E-state index contributed by atoms with van der Waals surface area (Å²) < 4.78 is 0. The lowest BCUT2D eigenvalue weighted by molar-refractivity contribution is 0.0736. The van der Waals surface area contributed by atoms with Crippen LogP contribution in [0.15, 0.2) is 0 Å². The van der Waals surface area contributed by atoms with Crippen molar-refractivity contribution >= 4 is 6.03 Å². The van der Waals surface area contributed by atoms with Crippen molar-refractivity contribution in [1.82, 2.24) is 15.1 Å². The number of rotatable bonds is 5. The Morgan fingerprint density at radius 1 is 1.18 bits per heavy atom. The van der Waals surface area contributed by atoms with Gasteiger partial charge in [-0.05, 0) is 51.6 Å². The Hall–Kier alpha value is -0.810. The molecule has 2 fully saturated rings. The summed E-state index contributed by atoms with van der Waals surface area (Å²) in [4.78, 5) is 16.7. The first-order valence-electron chi connectivity index (χ1n) is 8.99. The average Bonchev–Trinajstić information content (AvgIpc) is 2.53.